The van der Waals surface area contributed by atoms with Crippen molar-refractivity contribution in [2.24, 2.45) is 0 Å². The number of benzene rings is 1. The van der Waals surface area contributed by atoms with Crippen LogP contribution in [0.25, 0.3) is 0 Å². The van der Waals surface area contributed by atoms with Gasteiger partial charge in [0.25, 0.3) is 5.91 Å². The first-order valence-electron chi connectivity index (χ1n) is 6.69. The first-order chi connectivity index (χ1) is 9.61. The van der Waals surface area contributed by atoms with E-state index in [-0.39, 0.29) is 5.91 Å². The molecule has 0 saturated carbocycles. The van der Waals surface area contributed by atoms with E-state index in [2.05, 4.69) is 27.4 Å². The van der Waals surface area contributed by atoms with E-state index < -0.39 is 0 Å². The molecule has 20 heavy (non-hydrogen) atoms. The predicted octanol–water partition coefficient (Wildman–Crippen LogP) is 3.44. The molecule has 5 heteroatoms. The highest BCUT2D eigenvalue weighted by molar-refractivity contribution is 9.10. The Balaban J connectivity index is 2.09. The molecule has 1 aliphatic heterocycles. The van der Waals surface area contributed by atoms with Crippen LogP contribution in [0.15, 0.2) is 35.3 Å². The third-order valence-electron chi connectivity index (χ3n) is 3.42. The predicted molar refractivity (Wildman–Crippen MR) is 86.3 cm³/mol. The number of carbonyl (C=O) groups is 1. The Morgan fingerprint density at radius 2 is 2.15 bits per heavy atom. The van der Waals surface area contributed by atoms with Crippen LogP contribution >= 0.6 is 27.5 Å². The van der Waals surface area contributed by atoms with Crippen molar-refractivity contribution >= 4 is 33.4 Å². The molecule has 1 aliphatic rings. The van der Waals surface area contributed by atoms with Crippen molar-refractivity contribution in [3.05, 3.63) is 45.9 Å². The Labute approximate surface area is 133 Å². The van der Waals surface area contributed by atoms with E-state index >= 15 is 0 Å². The number of hydrogen-bond acceptors (Lipinski definition) is 2. The average molecular weight is 358 g/mol. The quantitative estimate of drug-likeness (QED) is 0.774. The van der Waals surface area contributed by atoms with Crippen LogP contribution in [0.1, 0.15) is 16.8 Å². The lowest BCUT2D eigenvalue weighted by atomic mass is 10.2. The molecule has 0 unspecified atom stereocenters. The molecule has 1 heterocycles. The molecule has 1 saturated heterocycles. The van der Waals surface area contributed by atoms with Crippen LogP contribution in [0.2, 0.25) is 5.02 Å². The van der Waals surface area contributed by atoms with Gasteiger partial charge in [-0.3, -0.25) is 9.69 Å². The lowest BCUT2D eigenvalue weighted by Crippen LogP contribution is -2.35. The largest absolute Gasteiger partial charge is 0.337 e. The Morgan fingerprint density at radius 3 is 2.90 bits per heavy atom. The first-order valence-corrected chi connectivity index (χ1v) is 7.86. The average Bonchev–Trinajstić information content (AvgIpc) is 2.67. The second kappa shape index (κ2) is 7.25. The second-order valence-corrected chi connectivity index (χ2v) is 6.18. The minimum absolute atomic E-state index is 0.0109. The molecule has 108 valence electrons. The fourth-order valence-electron chi connectivity index (χ4n) is 2.37. The summed E-state index contributed by atoms with van der Waals surface area (Å²) in [6, 6.07) is 5.38. The van der Waals surface area contributed by atoms with Crippen LogP contribution in [0.4, 0.5) is 0 Å². The van der Waals surface area contributed by atoms with Gasteiger partial charge in [0.15, 0.2) is 0 Å². The number of nitrogens with zero attached hydrogens (tertiary/aromatic N) is 2. The minimum atomic E-state index is 0.0109. The van der Waals surface area contributed by atoms with Gasteiger partial charge in [0.2, 0.25) is 0 Å². The topological polar surface area (TPSA) is 23.6 Å². The lowest BCUT2D eigenvalue weighted by molar-refractivity contribution is 0.0762. The summed E-state index contributed by atoms with van der Waals surface area (Å²) < 4.78 is 0.869. The maximum absolute atomic E-state index is 12.6. The fraction of sp³-hybridized carbons (Fsp3) is 0.400. The van der Waals surface area contributed by atoms with Crippen molar-refractivity contribution in [2.75, 3.05) is 32.7 Å². The van der Waals surface area contributed by atoms with Crippen molar-refractivity contribution in [1.29, 1.82) is 0 Å². The lowest BCUT2D eigenvalue weighted by Gasteiger charge is -2.22. The molecule has 0 aromatic heterocycles. The number of amides is 1. The van der Waals surface area contributed by atoms with Crippen molar-refractivity contribution in [1.82, 2.24) is 9.80 Å². The van der Waals surface area contributed by atoms with Crippen LogP contribution in [0.3, 0.4) is 0 Å². The van der Waals surface area contributed by atoms with E-state index in [4.69, 9.17) is 11.6 Å². The van der Waals surface area contributed by atoms with E-state index in [1.807, 2.05) is 17.0 Å². The summed E-state index contributed by atoms with van der Waals surface area (Å²) in [6.07, 6.45) is 2.88. The van der Waals surface area contributed by atoms with Gasteiger partial charge in [-0.2, -0.15) is 0 Å². The van der Waals surface area contributed by atoms with Crippen molar-refractivity contribution < 1.29 is 4.79 Å². The molecule has 1 fully saturated rings. The van der Waals surface area contributed by atoms with Gasteiger partial charge >= 0.3 is 0 Å². The third kappa shape index (κ3) is 3.84. The van der Waals surface area contributed by atoms with Crippen molar-refractivity contribution in [3.63, 3.8) is 0 Å². The SMILES string of the molecule is C=CCN1CCCN(C(=O)c2cc(Br)ccc2Cl)CC1. The van der Waals surface area contributed by atoms with Crippen LogP contribution in [0, 0.1) is 0 Å². The van der Waals surface area contributed by atoms with Gasteiger partial charge in [-0.1, -0.05) is 33.6 Å². The van der Waals surface area contributed by atoms with Gasteiger partial charge in [-0.15, -0.1) is 6.58 Å². The molecule has 0 spiro atoms. The van der Waals surface area contributed by atoms with Gasteiger partial charge < -0.3 is 4.90 Å². The molecular weight excluding hydrogens is 340 g/mol. The first kappa shape index (κ1) is 15.5. The number of rotatable bonds is 3. The number of carbonyl (C=O) groups excluding carboxylic acids is 1. The summed E-state index contributed by atoms with van der Waals surface area (Å²) >= 11 is 9.52. The van der Waals surface area contributed by atoms with Crippen LogP contribution in [-0.4, -0.2) is 48.4 Å². The molecule has 0 atom stereocenters. The zero-order valence-corrected chi connectivity index (χ0v) is 13.7. The highest BCUT2D eigenvalue weighted by Crippen LogP contribution is 2.23. The monoisotopic (exact) mass is 356 g/mol. The summed E-state index contributed by atoms with van der Waals surface area (Å²) in [7, 11) is 0. The van der Waals surface area contributed by atoms with Crippen LogP contribution < -0.4 is 0 Å². The highest BCUT2D eigenvalue weighted by Gasteiger charge is 2.21. The van der Waals surface area contributed by atoms with E-state index in [1.54, 1.807) is 12.1 Å². The highest BCUT2D eigenvalue weighted by atomic mass is 79.9. The van der Waals surface area contributed by atoms with Gasteiger partial charge in [0.05, 0.1) is 10.6 Å². The van der Waals surface area contributed by atoms with Gasteiger partial charge in [-0.05, 0) is 24.6 Å². The van der Waals surface area contributed by atoms with E-state index in [0.717, 1.165) is 43.6 Å². The van der Waals surface area contributed by atoms with Gasteiger partial charge in [0, 0.05) is 37.2 Å². The summed E-state index contributed by atoms with van der Waals surface area (Å²) in [5, 5.41) is 0.505. The standard InChI is InChI=1S/C15H18BrClN2O/c1-2-6-18-7-3-8-19(10-9-18)15(20)13-11-12(16)4-5-14(13)17/h2,4-5,11H,1,3,6-10H2. The molecule has 0 bridgehead atoms. The van der Waals surface area contributed by atoms with Gasteiger partial charge in [0.1, 0.15) is 0 Å². The molecule has 1 amide bonds. The fourth-order valence-corrected chi connectivity index (χ4v) is 2.93. The maximum Gasteiger partial charge on any atom is 0.255 e. The molecular formula is C15H18BrClN2O. The zero-order chi connectivity index (χ0) is 14.5. The Morgan fingerprint density at radius 1 is 1.35 bits per heavy atom. The maximum atomic E-state index is 12.6. The van der Waals surface area contributed by atoms with Crippen molar-refractivity contribution in [2.45, 2.75) is 6.42 Å². The Kier molecular flexibility index (Phi) is 5.64. The summed E-state index contributed by atoms with van der Waals surface area (Å²) in [5.41, 5.74) is 0.568. The number of halogens is 2. The smallest absolute Gasteiger partial charge is 0.255 e. The van der Waals surface area contributed by atoms with Crippen LogP contribution in [-0.2, 0) is 0 Å². The summed E-state index contributed by atoms with van der Waals surface area (Å²) in [5.74, 6) is 0.0109. The van der Waals surface area contributed by atoms with Crippen molar-refractivity contribution in [3.8, 4) is 0 Å². The van der Waals surface area contributed by atoms with Gasteiger partial charge in [-0.25, -0.2) is 0 Å². The number of hydrogen-bond donors (Lipinski definition) is 0. The normalized spacial score (nSPS) is 16.8. The van der Waals surface area contributed by atoms with E-state index in [0.29, 0.717) is 10.6 Å². The molecule has 1 aromatic rings. The Bertz CT molecular complexity index is 507. The molecule has 3 nitrogen and oxygen atoms in total. The molecule has 2 rings (SSSR count). The van der Waals surface area contributed by atoms with E-state index in [1.165, 1.54) is 0 Å². The molecule has 0 N–H and O–H groups in total. The second-order valence-electron chi connectivity index (χ2n) is 4.86. The van der Waals surface area contributed by atoms with E-state index in [9.17, 15) is 4.79 Å². The molecule has 0 aliphatic carbocycles. The Hall–Kier alpha value is -0.840. The molecule has 1 aromatic carbocycles. The summed E-state index contributed by atoms with van der Waals surface area (Å²) in [4.78, 5) is 16.8. The van der Waals surface area contributed by atoms with Crippen LogP contribution in [0.5, 0.6) is 0 Å². The molecule has 0 radical (unpaired) electrons. The minimum Gasteiger partial charge on any atom is -0.337 e. The third-order valence-corrected chi connectivity index (χ3v) is 4.24. The summed E-state index contributed by atoms with van der Waals surface area (Å²) in [6.45, 7) is 8.02. The zero-order valence-electron chi connectivity index (χ0n) is 11.3.